The highest BCUT2D eigenvalue weighted by molar-refractivity contribution is 5.91. The second-order valence-electron chi connectivity index (χ2n) is 5.37. The molecule has 2 amide bonds. The molecular formula is C12H18F2N2O3. The topological polar surface area (TPSA) is 83.6 Å². The Morgan fingerprint density at radius 2 is 1.89 bits per heavy atom. The molecule has 1 atom stereocenters. The minimum atomic E-state index is -3.85. The molecule has 19 heavy (non-hydrogen) atoms. The largest absolute Gasteiger partial charge is 0.383 e. The number of halogens is 2. The summed E-state index contributed by atoms with van der Waals surface area (Å²) >= 11 is 0. The van der Waals surface area contributed by atoms with Crippen LogP contribution in [0.1, 0.15) is 38.5 Å². The van der Waals surface area contributed by atoms with Crippen molar-refractivity contribution in [2.75, 3.05) is 6.54 Å². The number of rotatable bonds is 3. The average Bonchev–Trinajstić information content (AvgIpc) is 2.34. The molecule has 1 aliphatic carbocycles. The molecule has 0 aromatic carbocycles. The lowest BCUT2D eigenvalue weighted by atomic mass is 9.74. The van der Waals surface area contributed by atoms with Crippen molar-refractivity contribution in [2.24, 2.45) is 5.73 Å². The quantitative estimate of drug-likeness (QED) is 0.782. The molecule has 0 aromatic rings. The van der Waals surface area contributed by atoms with E-state index >= 15 is 0 Å². The number of primary amides is 1. The zero-order valence-electron chi connectivity index (χ0n) is 10.6. The molecule has 3 N–H and O–H groups in total. The number of carbonyl (C=O) groups is 2. The number of piperidine rings is 1. The second-order valence-corrected chi connectivity index (χ2v) is 5.37. The highest BCUT2D eigenvalue weighted by Gasteiger charge is 2.63. The van der Waals surface area contributed by atoms with Crippen molar-refractivity contribution in [3.63, 3.8) is 0 Å². The molecular weight excluding hydrogens is 258 g/mol. The van der Waals surface area contributed by atoms with Crippen LogP contribution in [0.15, 0.2) is 0 Å². The molecule has 1 saturated heterocycles. The maximum Gasteiger partial charge on any atom is 0.352 e. The molecule has 7 heteroatoms. The summed E-state index contributed by atoms with van der Waals surface area (Å²) in [5.74, 6) is -6.10. The Hall–Kier alpha value is -1.24. The fourth-order valence-corrected chi connectivity index (χ4v) is 2.68. The van der Waals surface area contributed by atoms with Crippen molar-refractivity contribution in [1.29, 1.82) is 0 Å². The van der Waals surface area contributed by atoms with E-state index in [2.05, 4.69) is 0 Å². The maximum absolute atomic E-state index is 14.1. The lowest BCUT2D eigenvalue weighted by molar-refractivity contribution is -0.225. The first-order valence-corrected chi connectivity index (χ1v) is 6.50. The van der Waals surface area contributed by atoms with Gasteiger partial charge in [0, 0.05) is 6.54 Å². The fraction of sp³-hybridized carbons (Fsp3) is 0.833. The number of alkyl halides is 2. The first kappa shape index (κ1) is 14.2. The summed E-state index contributed by atoms with van der Waals surface area (Å²) < 4.78 is 28.1. The monoisotopic (exact) mass is 276 g/mol. The minimum absolute atomic E-state index is 0.0815. The molecule has 1 saturated carbocycles. The van der Waals surface area contributed by atoms with Gasteiger partial charge in [0.25, 0.3) is 5.91 Å². The Balaban J connectivity index is 2.19. The van der Waals surface area contributed by atoms with Crippen LogP contribution in [0, 0.1) is 0 Å². The lowest BCUT2D eigenvalue weighted by Crippen LogP contribution is -2.64. The van der Waals surface area contributed by atoms with Crippen LogP contribution in [0.3, 0.4) is 0 Å². The van der Waals surface area contributed by atoms with Crippen molar-refractivity contribution in [1.82, 2.24) is 4.90 Å². The van der Waals surface area contributed by atoms with E-state index in [1.54, 1.807) is 0 Å². The summed E-state index contributed by atoms with van der Waals surface area (Å²) in [6.45, 7) is 0.0815. The van der Waals surface area contributed by atoms with Crippen LogP contribution >= 0.6 is 0 Å². The Morgan fingerprint density at radius 3 is 2.37 bits per heavy atom. The van der Waals surface area contributed by atoms with Crippen LogP contribution in [0.25, 0.3) is 0 Å². The molecule has 2 fully saturated rings. The molecule has 0 spiro atoms. The highest BCUT2D eigenvalue weighted by atomic mass is 19.3. The van der Waals surface area contributed by atoms with Crippen LogP contribution in [-0.2, 0) is 9.59 Å². The van der Waals surface area contributed by atoms with Crippen LogP contribution in [0.4, 0.5) is 8.78 Å². The van der Waals surface area contributed by atoms with Gasteiger partial charge in [-0.1, -0.05) is 0 Å². The molecule has 0 bridgehead atoms. The van der Waals surface area contributed by atoms with Crippen LogP contribution in [-0.4, -0.2) is 45.9 Å². The van der Waals surface area contributed by atoms with Crippen molar-refractivity contribution >= 4 is 11.8 Å². The van der Waals surface area contributed by atoms with E-state index in [0.717, 1.165) is 4.90 Å². The average molecular weight is 276 g/mol. The van der Waals surface area contributed by atoms with Crippen molar-refractivity contribution in [2.45, 2.75) is 56.1 Å². The Morgan fingerprint density at radius 1 is 1.26 bits per heavy atom. The predicted molar refractivity (Wildman–Crippen MR) is 62.3 cm³/mol. The van der Waals surface area contributed by atoms with E-state index in [-0.39, 0.29) is 19.4 Å². The van der Waals surface area contributed by atoms with E-state index in [0.29, 0.717) is 25.7 Å². The van der Waals surface area contributed by atoms with Crippen LogP contribution in [0.5, 0.6) is 0 Å². The predicted octanol–water partition coefficient (Wildman–Crippen LogP) is 0.403. The minimum Gasteiger partial charge on any atom is -0.383 e. The standard InChI is InChI=1S/C12H18F2N2O3/c13-12(14,11(19)5-3-6-11)10(18)16-7-2-1-4-8(16)9(15)17/h8,19H,1-7H2,(H2,15,17). The van der Waals surface area contributed by atoms with Crippen molar-refractivity contribution in [3.05, 3.63) is 0 Å². The summed E-state index contributed by atoms with van der Waals surface area (Å²) in [5.41, 5.74) is 2.89. The van der Waals surface area contributed by atoms with Gasteiger partial charge in [-0.05, 0) is 38.5 Å². The number of amides is 2. The highest BCUT2D eigenvalue weighted by Crippen LogP contribution is 2.45. The number of nitrogens with two attached hydrogens (primary N) is 1. The van der Waals surface area contributed by atoms with Gasteiger partial charge in [0.15, 0.2) is 0 Å². The van der Waals surface area contributed by atoms with E-state index in [4.69, 9.17) is 5.73 Å². The Kier molecular flexibility index (Phi) is 3.51. The number of carbonyl (C=O) groups excluding carboxylic acids is 2. The van der Waals surface area contributed by atoms with Gasteiger partial charge < -0.3 is 15.7 Å². The lowest BCUT2D eigenvalue weighted by Gasteiger charge is -2.45. The first-order valence-electron chi connectivity index (χ1n) is 6.50. The number of nitrogens with zero attached hydrogens (tertiary/aromatic N) is 1. The Bertz CT molecular complexity index is 396. The smallest absolute Gasteiger partial charge is 0.352 e. The van der Waals surface area contributed by atoms with Gasteiger partial charge in [-0.25, -0.2) is 0 Å². The third kappa shape index (κ3) is 2.20. The van der Waals surface area contributed by atoms with E-state index in [1.165, 1.54) is 0 Å². The first-order chi connectivity index (χ1) is 8.79. The summed E-state index contributed by atoms with van der Waals surface area (Å²) in [6, 6.07) is -0.990. The SMILES string of the molecule is NC(=O)C1CCCCN1C(=O)C(F)(F)C1(O)CCC1. The molecule has 5 nitrogen and oxygen atoms in total. The normalized spacial score (nSPS) is 26.7. The van der Waals surface area contributed by atoms with Gasteiger partial charge in [-0.3, -0.25) is 9.59 Å². The summed E-state index contributed by atoms with van der Waals surface area (Å²) in [6.07, 6.45) is 1.81. The van der Waals surface area contributed by atoms with Gasteiger partial charge in [-0.2, -0.15) is 8.78 Å². The van der Waals surface area contributed by atoms with E-state index in [1.807, 2.05) is 0 Å². The van der Waals surface area contributed by atoms with Crippen LogP contribution < -0.4 is 5.73 Å². The molecule has 0 aromatic heterocycles. The summed E-state index contributed by atoms with van der Waals surface area (Å²) in [5, 5.41) is 9.75. The zero-order chi connectivity index (χ0) is 14.3. The number of hydrogen-bond donors (Lipinski definition) is 2. The third-order valence-corrected chi connectivity index (χ3v) is 4.13. The van der Waals surface area contributed by atoms with Gasteiger partial charge >= 0.3 is 5.92 Å². The summed E-state index contributed by atoms with van der Waals surface area (Å²) in [7, 11) is 0. The van der Waals surface area contributed by atoms with Gasteiger partial charge in [0.2, 0.25) is 5.91 Å². The Labute approximate surface area is 109 Å². The van der Waals surface area contributed by atoms with Crippen molar-refractivity contribution in [3.8, 4) is 0 Å². The fourth-order valence-electron chi connectivity index (χ4n) is 2.68. The van der Waals surface area contributed by atoms with Gasteiger partial charge in [0.05, 0.1) is 0 Å². The molecule has 1 unspecified atom stereocenters. The van der Waals surface area contributed by atoms with Crippen LogP contribution in [0.2, 0.25) is 0 Å². The van der Waals surface area contributed by atoms with E-state index < -0.39 is 29.4 Å². The van der Waals surface area contributed by atoms with Gasteiger partial charge in [0.1, 0.15) is 11.6 Å². The molecule has 108 valence electrons. The molecule has 0 radical (unpaired) electrons. The third-order valence-electron chi connectivity index (χ3n) is 4.13. The van der Waals surface area contributed by atoms with Crippen molar-refractivity contribution < 1.29 is 23.5 Å². The number of aliphatic hydroxyl groups is 1. The molecule has 1 aliphatic heterocycles. The molecule has 2 rings (SSSR count). The zero-order valence-corrected chi connectivity index (χ0v) is 10.6. The number of hydrogen-bond acceptors (Lipinski definition) is 3. The second kappa shape index (κ2) is 4.70. The summed E-state index contributed by atoms with van der Waals surface area (Å²) in [4.78, 5) is 24.1. The van der Waals surface area contributed by atoms with E-state index in [9.17, 15) is 23.5 Å². The number of likely N-dealkylation sites (tertiary alicyclic amines) is 1. The molecule has 2 aliphatic rings. The maximum atomic E-state index is 14.1. The molecule has 1 heterocycles. The van der Waals surface area contributed by atoms with Gasteiger partial charge in [-0.15, -0.1) is 0 Å².